The Morgan fingerprint density at radius 1 is 1.32 bits per heavy atom. The zero-order valence-electron chi connectivity index (χ0n) is 14.9. The maximum Gasteiger partial charge on any atom is 0.263 e. The molecule has 4 aromatic rings. The van der Waals surface area contributed by atoms with Crippen molar-refractivity contribution in [2.24, 2.45) is 0 Å². The Bertz CT molecular complexity index is 1180. The first-order valence-corrected chi connectivity index (χ1v) is 9.84. The molecule has 0 aliphatic heterocycles. The second-order valence-corrected chi connectivity index (χ2v) is 7.61. The van der Waals surface area contributed by atoms with Crippen molar-refractivity contribution < 1.29 is 9.21 Å². The quantitative estimate of drug-likeness (QED) is 0.530. The maximum absolute atomic E-state index is 13.0. The van der Waals surface area contributed by atoms with Gasteiger partial charge in [-0.2, -0.15) is 0 Å². The van der Waals surface area contributed by atoms with Crippen molar-refractivity contribution in [2.45, 2.75) is 19.5 Å². The van der Waals surface area contributed by atoms with Gasteiger partial charge in [0, 0.05) is 16.0 Å². The molecule has 3 aromatic heterocycles. The highest BCUT2D eigenvalue weighted by Crippen LogP contribution is 2.31. The average molecular weight is 414 g/mol. The average Bonchev–Trinajstić information content (AvgIpc) is 3.35. The number of carbonyl (C=O) groups excluding carboxylic acids is 1. The molecule has 142 valence electrons. The van der Waals surface area contributed by atoms with Crippen molar-refractivity contribution in [3.05, 3.63) is 75.5 Å². The fourth-order valence-corrected chi connectivity index (χ4v) is 4.01. The third-order valence-corrected chi connectivity index (χ3v) is 5.52. The first-order chi connectivity index (χ1) is 13.5. The minimum atomic E-state index is -0.296. The summed E-state index contributed by atoms with van der Waals surface area (Å²) < 4.78 is 6.60. The predicted octanol–water partition coefficient (Wildman–Crippen LogP) is 4.25. The Morgan fingerprint density at radius 2 is 2.11 bits per heavy atom. The number of furan rings is 1. The minimum absolute atomic E-state index is 0.122. The van der Waals surface area contributed by atoms with Crippen molar-refractivity contribution in [3.63, 3.8) is 0 Å². The standard InChI is InChI=1S/C20H16ClN3O3S/c1-12(16-3-2-8-27-16)23-17(25)9-24-11-22-19-18(20(24)26)15(10-28-19)13-4-6-14(21)7-5-13/h2-8,10-12H,9H2,1H3,(H,23,25)/t12-/m1/s1. The number of nitrogens with zero attached hydrogens (tertiary/aromatic N) is 2. The smallest absolute Gasteiger partial charge is 0.263 e. The second-order valence-electron chi connectivity index (χ2n) is 6.32. The molecule has 1 N–H and O–H groups in total. The fourth-order valence-electron chi connectivity index (χ4n) is 2.97. The van der Waals surface area contributed by atoms with Gasteiger partial charge >= 0.3 is 0 Å². The lowest BCUT2D eigenvalue weighted by Gasteiger charge is -2.12. The van der Waals surface area contributed by atoms with E-state index in [1.165, 1.54) is 22.2 Å². The first kappa shape index (κ1) is 18.5. The number of rotatable bonds is 5. The van der Waals surface area contributed by atoms with Gasteiger partial charge in [0.1, 0.15) is 17.1 Å². The molecule has 0 aliphatic rings. The summed E-state index contributed by atoms with van der Waals surface area (Å²) in [6.07, 6.45) is 2.96. The fraction of sp³-hybridized carbons (Fsp3) is 0.150. The minimum Gasteiger partial charge on any atom is -0.467 e. The molecule has 0 bridgehead atoms. The normalized spacial score (nSPS) is 12.2. The van der Waals surface area contributed by atoms with Gasteiger partial charge in [-0.25, -0.2) is 4.98 Å². The Hall–Kier alpha value is -2.90. The number of nitrogens with one attached hydrogen (secondary N) is 1. The Labute approximate surface area is 169 Å². The Kier molecular flexibility index (Phi) is 5.02. The van der Waals surface area contributed by atoms with Crippen LogP contribution in [0.1, 0.15) is 18.7 Å². The molecule has 0 saturated heterocycles. The van der Waals surface area contributed by atoms with Crippen LogP contribution in [0.4, 0.5) is 0 Å². The SMILES string of the molecule is C[C@@H](NC(=O)Cn1cnc2scc(-c3ccc(Cl)cc3)c2c1=O)c1ccco1. The third kappa shape index (κ3) is 3.58. The van der Waals surface area contributed by atoms with E-state index in [4.69, 9.17) is 16.0 Å². The van der Waals surface area contributed by atoms with E-state index < -0.39 is 0 Å². The van der Waals surface area contributed by atoms with Gasteiger partial charge in [0.05, 0.1) is 24.0 Å². The van der Waals surface area contributed by atoms with E-state index in [1.54, 1.807) is 30.5 Å². The van der Waals surface area contributed by atoms with E-state index in [0.29, 0.717) is 21.0 Å². The number of benzene rings is 1. The van der Waals surface area contributed by atoms with E-state index >= 15 is 0 Å². The molecule has 28 heavy (non-hydrogen) atoms. The summed E-state index contributed by atoms with van der Waals surface area (Å²) in [4.78, 5) is 30.4. The molecule has 3 heterocycles. The molecule has 6 nitrogen and oxygen atoms in total. The lowest BCUT2D eigenvalue weighted by atomic mass is 10.1. The van der Waals surface area contributed by atoms with E-state index in [9.17, 15) is 9.59 Å². The number of hydrogen-bond donors (Lipinski definition) is 1. The van der Waals surface area contributed by atoms with Crippen LogP contribution in [0, 0.1) is 0 Å². The van der Waals surface area contributed by atoms with Crippen molar-refractivity contribution >= 4 is 39.1 Å². The van der Waals surface area contributed by atoms with Gasteiger partial charge in [0.25, 0.3) is 5.56 Å². The molecule has 1 amide bonds. The van der Waals surface area contributed by atoms with Gasteiger partial charge in [-0.3, -0.25) is 14.2 Å². The van der Waals surface area contributed by atoms with Crippen molar-refractivity contribution in [1.82, 2.24) is 14.9 Å². The van der Waals surface area contributed by atoms with Crippen LogP contribution in [0.15, 0.2) is 63.6 Å². The van der Waals surface area contributed by atoms with Crippen molar-refractivity contribution in [2.75, 3.05) is 0 Å². The summed E-state index contributed by atoms with van der Waals surface area (Å²) >= 11 is 7.35. The largest absolute Gasteiger partial charge is 0.467 e. The molecular weight excluding hydrogens is 398 g/mol. The van der Waals surface area contributed by atoms with Gasteiger partial charge in [0.2, 0.25) is 5.91 Å². The zero-order valence-corrected chi connectivity index (χ0v) is 16.5. The van der Waals surface area contributed by atoms with Crippen molar-refractivity contribution in [3.8, 4) is 11.1 Å². The second kappa shape index (κ2) is 7.61. The van der Waals surface area contributed by atoms with Gasteiger partial charge in [-0.05, 0) is 36.8 Å². The molecule has 8 heteroatoms. The topological polar surface area (TPSA) is 77.1 Å². The molecule has 0 fully saturated rings. The first-order valence-electron chi connectivity index (χ1n) is 8.58. The summed E-state index contributed by atoms with van der Waals surface area (Å²) in [7, 11) is 0. The van der Waals surface area contributed by atoms with Crippen molar-refractivity contribution in [1.29, 1.82) is 0 Å². The number of halogens is 1. The van der Waals surface area contributed by atoms with E-state index in [0.717, 1.165) is 11.1 Å². The van der Waals surface area contributed by atoms with Crippen LogP contribution >= 0.6 is 22.9 Å². The molecule has 1 atom stereocenters. The highest BCUT2D eigenvalue weighted by atomic mass is 35.5. The number of fused-ring (bicyclic) bond motifs is 1. The molecule has 0 saturated carbocycles. The predicted molar refractivity (Wildman–Crippen MR) is 110 cm³/mol. The van der Waals surface area contributed by atoms with Crippen LogP contribution in [0.5, 0.6) is 0 Å². The lowest BCUT2D eigenvalue weighted by Crippen LogP contribution is -2.33. The monoisotopic (exact) mass is 413 g/mol. The highest BCUT2D eigenvalue weighted by Gasteiger charge is 2.16. The summed E-state index contributed by atoms with van der Waals surface area (Å²) in [6.45, 7) is 1.70. The van der Waals surface area contributed by atoms with Crippen LogP contribution in [-0.4, -0.2) is 15.5 Å². The zero-order chi connectivity index (χ0) is 19.7. The van der Waals surface area contributed by atoms with E-state index in [2.05, 4.69) is 10.3 Å². The number of carbonyl (C=O) groups is 1. The number of aromatic nitrogens is 2. The Morgan fingerprint density at radius 3 is 2.82 bits per heavy atom. The molecule has 0 spiro atoms. The molecule has 0 aliphatic carbocycles. The van der Waals surface area contributed by atoms with E-state index in [-0.39, 0.29) is 24.1 Å². The van der Waals surface area contributed by atoms with Crippen LogP contribution in [0.25, 0.3) is 21.3 Å². The summed E-state index contributed by atoms with van der Waals surface area (Å²) in [5.74, 6) is 0.354. The molecule has 4 rings (SSSR count). The van der Waals surface area contributed by atoms with Crippen LogP contribution in [-0.2, 0) is 11.3 Å². The molecule has 0 unspecified atom stereocenters. The van der Waals surface area contributed by atoms with Gasteiger partial charge in [0.15, 0.2) is 0 Å². The van der Waals surface area contributed by atoms with Crippen LogP contribution < -0.4 is 10.9 Å². The number of thiophene rings is 1. The maximum atomic E-state index is 13.0. The number of hydrogen-bond acceptors (Lipinski definition) is 5. The highest BCUT2D eigenvalue weighted by molar-refractivity contribution is 7.17. The number of amides is 1. The van der Waals surface area contributed by atoms with Gasteiger partial charge in [-0.1, -0.05) is 23.7 Å². The Balaban J connectivity index is 1.62. The van der Waals surface area contributed by atoms with Crippen LogP contribution in [0.3, 0.4) is 0 Å². The summed E-state index contributed by atoms with van der Waals surface area (Å²) in [6, 6.07) is 10.5. The summed E-state index contributed by atoms with van der Waals surface area (Å²) in [5, 5.41) is 5.84. The molecule has 1 aromatic carbocycles. The lowest BCUT2D eigenvalue weighted by molar-refractivity contribution is -0.122. The summed E-state index contributed by atoms with van der Waals surface area (Å²) in [5.41, 5.74) is 1.41. The van der Waals surface area contributed by atoms with Gasteiger partial charge < -0.3 is 9.73 Å². The van der Waals surface area contributed by atoms with Crippen LogP contribution in [0.2, 0.25) is 5.02 Å². The molecule has 0 radical (unpaired) electrons. The third-order valence-electron chi connectivity index (χ3n) is 4.38. The van der Waals surface area contributed by atoms with Gasteiger partial charge in [-0.15, -0.1) is 11.3 Å². The molecular formula is C20H16ClN3O3S. The van der Waals surface area contributed by atoms with E-state index in [1.807, 2.05) is 24.4 Å².